The molecule has 0 fully saturated rings. The zero-order valence-corrected chi connectivity index (χ0v) is 11.5. The van der Waals surface area contributed by atoms with Crippen molar-refractivity contribution in [1.82, 2.24) is 0 Å². The summed E-state index contributed by atoms with van der Waals surface area (Å²) in [5.41, 5.74) is 1.92. The minimum absolute atomic E-state index is 0.0614. The van der Waals surface area contributed by atoms with E-state index in [-0.39, 0.29) is 11.5 Å². The van der Waals surface area contributed by atoms with Gasteiger partial charge in [0.2, 0.25) is 5.91 Å². The maximum Gasteiger partial charge on any atom is 0.335 e. The van der Waals surface area contributed by atoms with Crippen LogP contribution in [0.2, 0.25) is 0 Å². The van der Waals surface area contributed by atoms with Crippen molar-refractivity contribution in [2.45, 2.75) is 32.1 Å². The summed E-state index contributed by atoms with van der Waals surface area (Å²) >= 11 is 0. The molecule has 106 valence electrons. The molecule has 0 spiro atoms. The van der Waals surface area contributed by atoms with Crippen molar-refractivity contribution in [3.63, 3.8) is 0 Å². The number of amides is 1. The van der Waals surface area contributed by atoms with Gasteiger partial charge in [0.15, 0.2) is 0 Å². The van der Waals surface area contributed by atoms with Gasteiger partial charge in [-0.3, -0.25) is 4.79 Å². The molecule has 1 aliphatic rings. The van der Waals surface area contributed by atoms with E-state index >= 15 is 0 Å². The molecule has 1 N–H and O–H groups in total. The van der Waals surface area contributed by atoms with E-state index < -0.39 is 5.97 Å². The van der Waals surface area contributed by atoms with Gasteiger partial charge in [0.1, 0.15) is 0 Å². The minimum atomic E-state index is -0.960. The Bertz CT molecular complexity index is 537. The van der Waals surface area contributed by atoms with Crippen LogP contribution in [0.3, 0.4) is 0 Å². The van der Waals surface area contributed by atoms with E-state index in [4.69, 9.17) is 5.11 Å². The van der Waals surface area contributed by atoms with Gasteiger partial charge in [0.05, 0.1) is 12.0 Å². The zero-order chi connectivity index (χ0) is 14.5. The Morgan fingerprint density at radius 2 is 2.15 bits per heavy atom. The fourth-order valence-corrected chi connectivity index (χ4v) is 2.47. The Hall–Kier alpha value is -2.10. The van der Waals surface area contributed by atoms with E-state index in [2.05, 4.69) is 6.58 Å². The maximum atomic E-state index is 12.0. The first-order chi connectivity index (χ1) is 9.63. The largest absolute Gasteiger partial charge is 0.478 e. The molecule has 0 radical (unpaired) electrons. The molecule has 4 heteroatoms. The molecule has 1 amide bonds. The van der Waals surface area contributed by atoms with Gasteiger partial charge in [-0.2, -0.15) is 0 Å². The monoisotopic (exact) mass is 273 g/mol. The quantitative estimate of drug-likeness (QED) is 0.613. The van der Waals surface area contributed by atoms with Gasteiger partial charge in [-0.05, 0) is 37.0 Å². The fourth-order valence-electron chi connectivity index (χ4n) is 2.47. The lowest BCUT2D eigenvalue weighted by molar-refractivity contribution is -0.117. The molecule has 0 aromatic heterocycles. The number of nitrogens with zero attached hydrogens (tertiary/aromatic N) is 1. The van der Waals surface area contributed by atoms with Crippen molar-refractivity contribution in [2.24, 2.45) is 0 Å². The first-order valence-electron chi connectivity index (χ1n) is 6.91. The third-order valence-corrected chi connectivity index (χ3v) is 3.56. The molecule has 2 rings (SSSR count). The summed E-state index contributed by atoms with van der Waals surface area (Å²) in [4.78, 5) is 24.7. The van der Waals surface area contributed by atoms with Crippen molar-refractivity contribution < 1.29 is 14.7 Å². The van der Waals surface area contributed by atoms with Gasteiger partial charge in [0, 0.05) is 12.2 Å². The minimum Gasteiger partial charge on any atom is -0.478 e. The normalized spacial score (nSPS) is 13.4. The number of allylic oxidation sites excluding steroid dienone is 1. The van der Waals surface area contributed by atoms with Gasteiger partial charge in [0.25, 0.3) is 0 Å². The summed E-state index contributed by atoms with van der Waals surface area (Å²) in [7, 11) is 0. The number of fused-ring (bicyclic) bond motifs is 1. The molecule has 20 heavy (non-hydrogen) atoms. The number of hydrogen-bond donors (Lipinski definition) is 1. The van der Waals surface area contributed by atoms with Gasteiger partial charge < -0.3 is 10.0 Å². The molecular formula is C16H19NO3. The summed E-state index contributed by atoms with van der Waals surface area (Å²) in [6.07, 6.45) is 6.32. The Labute approximate surface area is 118 Å². The van der Waals surface area contributed by atoms with Crippen molar-refractivity contribution in [3.8, 4) is 0 Å². The van der Waals surface area contributed by atoms with Crippen molar-refractivity contribution in [3.05, 3.63) is 42.0 Å². The molecule has 1 heterocycles. The van der Waals surface area contributed by atoms with Gasteiger partial charge in [-0.15, -0.1) is 6.58 Å². The Kier molecular flexibility index (Phi) is 4.56. The first kappa shape index (κ1) is 14.3. The van der Waals surface area contributed by atoms with Crippen molar-refractivity contribution >= 4 is 17.6 Å². The van der Waals surface area contributed by atoms with Crippen LogP contribution < -0.4 is 4.90 Å². The highest BCUT2D eigenvalue weighted by Gasteiger charge is 2.27. The Morgan fingerprint density at radius 1 is 1.35 bits per heavy atom. The lowest BCUT2D eigenvalue weighted by atomic mass is 10.1. The average Bonchev–Trinajstić information content (AvgIpc) is 2.73. The molecule has 0 saturated heterocycles. The highest BCUT2D eigenvalue weighted by Crippen LogP contribution is 2.30. The third-order valence-electron chi connectivity index (χ3n) is 3.56. The topological polar surface area (TPSA) is 57.6 Å². The van der Waals surface area contributed by atoms with Crippen molar-refractivity contribution in [1.29, 1.82) is 0 Å². The smallest absolute Gasteiger partial charge is 0.335 e. The van der Waals surface area contributed by atoms with E-state index in [1.54, 1.807) is 23.1 Å². The maximum absolute atomic E-state index is 12.0. The van der Waals surface area contributed by atoms with E-state index in [0.29, 0.717) is 13.0 Å². The van der Waals surface area contributed by atoms with Crippen LogP contribution in [0.4, 0.5) is 5.69 Å². The van der Waals surface area contributed by atoms with Crippen LogP contribution in [0.25, 0.3) is 0 Å². The molecule has 0 unspecified atom stereocenters. The van der Waals surface area contributed by atoms with Crippen LogP contribution in [0.15, 0.2) is 30.9 Å². The lowest BCUT2D eigenvalue weighted by Gasteiger charge is -2.17. The predicted molar refractivity (Wildman–Crippen MR) is 78.1 cm³/mol. The van der Waals surface area contributed by atoms with Crippen LogP contribution in [0, 0.1) is 0 Å². The summed E-state index contributed by atoms with van der Waals surface area (Å²) in [6.45, 7) is 4.34. The standard InChI is InChI=1S/C16H19NO3/c1-2-3-4-5-6-9-17-14-10-13(16(19)20)8-7-12(14)11-15(17)18/h2,7-8,10H,1,3-6,9,11H2,(H,19,20). The fraction of sp³-hybridized carbons (Fsp3) is 0.375. The molecule has 0 atom stereocenters. The molecule has 1 aromatic rings. The molecule has 1 aromatic carbocycles. The van der Waals surface area contributed by atoms with Crippen LogP contribution in [0.1, 0.15) is 41.6 Å². The van der Waals surface area contributed by atoms with E-state index in [9.17, 15) is 9.59 Å². The summed E-state index contributed by atoms with van der Waals surface area (Å²) in [5.74, 6) is -0.899. The Morgan fingerprint density at radius 3 is 2.85 bits per heavy atom. The second-order valence-corrected chi connectivity index (χ2v) is 5.01. The van der Waals surface area contributed by atoms with E-state index in [0.717, 1.165) is 36.9 Å². The SMILES string of the molecule is C=CCCCCCN1C(=O)Cc2ccc(C(=O)O)cc21. The van der Waals surface area contributed by atoms with Gasteiger partial charge in [-0.25, -0.2) is 4.79 Å². The second-order valence-electron chi connectivity index (χ2n) is 5.01. The predicted octanol–water partition coefficient (Wildman–Crippen LogP) is 3.02. The van der Waals surface area contributed by atoms with Gasteiger partial charge in [-0.1, -0.05) is 18.6 Å². The average molecular weight is 273 g/mol. The number of carbonyl (C=O) groups excluding carboxylic acids is 1. The number of aromatic carboxylic acids is 1. The number of unbranched alkanes of at least 4 members (excludes halogenated alkanes) is 3. The van der Waals surface area contributed by atoms with Crippen LogP contribution in [-0.4, -0.2) is 23.5 Å². The van der Waals surface area contributed by atoms with Crippen LogP contribution >= 0.6 is 0 Å². The van der Waals surface area contributed by atoms with E-state index in [1.807, 2.05) is 6.08 Å². The van der Waals surface area contributed by atoms with Crippen molar-refractivity contribution in [2.75, 3.05) is 11.4 Å². The number of rotatable bonds is 7. The summed E-state index contributed by atoms with van der Waals surface area (Å²) in [6, 6.07) is 4.91. The first-order valence-corrected chi connectivity index (χ1v) is 6.91. The Balaban J connectivity index is 2.04. The summed E-state index contributed by atoms with van der Waals surface area (Å²) < 4.78 is 0. The zero-order valence-electron chi connectivity index (χ0n) is 11.5. The lowest BCUT2D eigenvalue weighted by Crippen LogP contribution is -2.27. The number of hydrogen-bond acceptors (Lipinski definition) is 2. The van der Waals surface area contributed by atoms with Gasteiger partial charge >= 0.3 is 5.97 Å². The number of anilines is 1. The molecule has 1 aliphatic heterocycles. The molecular weight excluding hydrogens is 254 g/mol. The third kappa shape index (κ3) is 3.07. The number of carboxylic acid groups (broad SMARTS) is 1. The molecule has 4 nitrogen and oxygen atoms in total. The highest BCUT2D eigenvalue weighted by molar-refractivity contribution is 6.03. The molecule has 0 aliphatic carbocycles. The molecule has 0 saturated carbocycles. The highest BCUT2D eigenvalue weighted by atomic mass is 16.4. The van der Waals surface area contributed by atoms with Crippen LogP contribution in [-0.2, 0) is 11.2 Å². The van der Waals surface area contributed by atoms with Crippen LogP contribution in [0.5, 0.6) is 0 Å². The number of carbonyl (C=O) groups is 2. The number of benzene rings is 1. The summed E-state index contributed by atoms with van der Waals surface area (Å²) in [5, 5.41) is 9.03. The molecule has 0 bridgehead atoms. The number of carboxylic acids is 1. The van der Waals surface area contributed by atoms with E-state index in [1.165, 1.54) is 0 Å². The second kappa shape index (κ2) is 6.37.